The fraction of sp³-hybridized carbons (Fsp3) is 0.818. The Balaban J connectivity index is 2.45. The molecule has 1 aliphatic carbocycles. The van der Waals surface area contributed by atoms with E-state index in [1.165, 1.54) is 6.42 Å². The molecule has 0 heterocycles. The molecule has 0 aromatic heterocycles. The van der Waals surface area contributed by atoms with E-state index in [1.807, 2.05) is 6.92 Å². The van der Waals surface area contributed by atoms with Gasteiger partial charge in [-0.3, -0.25) is 9.59 Å². The summed E-state index contributed by atoms with van der Waals surface area (Å²) in [5, 5.41) is 11.4. The number of aliphatic carboxylic acids is 1. The number of carbonyl (C=O) groups is 2. The minimum Gasteiger partial charge on any atom is -0.481 e. The minimum atomic E-state index is -1.04. The van der Waals surface area contributed by atoms with Crippen LogP contribution >= 0.6 is 0 Å². The summed E-state index contributed by atoms with van der Waals surface area (Å²) < 4.78 is 0. The summed E-state index contributed by atoms with van der Waals surface area (Å²) in [6, 6.07) is -0.948. The lowest BCUT2D eigenvalue weighted by Crippen LogP contribution is -2.53. The zero-order valence-corrected chi connectivity index (χ0v) is 9.66. The maximum Gasteiger partial charge on any atom is 0.305 e. The number of carboxylic acids is 1. The molecule has 1 aliphatic rings. The number of carbonyl (C=O) groups excluding carboxylic acids is 1. The summed E-state index contributed by atoms with van der Waals surface area (Å²) in [5.41, 5.74) is 5.30. The number of nitrogens with two attached hydrogens (primary N) is 1. The average Bonchev–Trinajstić information content (AvgIpc) is 2.16. The lowest BCUT2D eigenvalue weighted by molar-refractivity contribution is -0.139. The van der Waals surface area contributed by atoms with E-state index in [4.69, 9.17) is 10.8 Å². The van der Waals surface area contributed by atoms with Crippen molar-refractivity contribution in [3.63, 3.8) is 0 Å². The Bertz CT molecular complexity index is 272. The van der Waals surface area contributed by atoms with Crippen molar-refractivity contribution in [2.24, 2.45) is 5.73 Å². The number of nitrogens with one attached hydrogen (secondary N) is 1. The van der Waals surface area contributed by atoms with Gasteiger partial charge < -0.3 is 16.2 Å². The van der Waals surface area contributed by atoms with Crippen LogP contribution in [-0.2, 0) is 9.59 Å². The maximum atomic E-state index is 11.7. The van der Waals surface area contributed by atoms with Crippen molar-refractivity contribution in [3.8, 4) is 0 Å². The van der Waals surface area contributed by atoms with Crippen LogP contribution in [0.5, 0.6) is 0 Å². The van der Waals surface area contributed by atoms with E-state index >= 15 is 0 Å². The first-order chi connectivity index (χ1) is 7.43. The third-order valence-corrected chi connectivity index (χ3v) is 3.11. The molecule has 5 heteroatoms. The molecule has 16 heavy (non-hydrogen) atoms. The Labute approximate surface area is 95.4 Å². The molecule has 0 spiro atoms. The molecular formula is C11H20N2O3. The van der Waals surface area contributed by atoms with E-state index in [0.717, 1.165) is 25.7 Å². The smallest absolute Gasteiger partial charge is 0.305 e. The second-order valence-electron chi connectivity index (χ2n) is 4.81. The van der Waals surface area contributed by atoms with Crippen molar-refractivity contribution >= 4 is 11.9 Å². The van der Waals surface area contributed by atoms with Crippen LogP contribution in [0.4, 0.5) is 0 Å². The molecule has 0 radical (unpaired) electrons. The first-order valence-corrected chi connectivity index (χ1v) is 5.72. The van der Waals surface area contributed by atoms with Crippen molar-refractivity contribution in [3.05, 3.63) is 0 Å². The van der Waals surface area contributed by atoms with Crippen LogP contribution in [-0.4, -0.2) is 28.6 Å². The van der Waals surface area contributed by atoms with Gasteiger partial charge in [0.2, 0.25) is 5.91 Å². The molecule has 1 rings (SSSR count). The fourth-order valence-corrected chi connectivity index (χ4v) is 2.13. The molecule has 1 fully saturated rings. The Morgan fingerprint density at radius 1 is 1.38 bits per heavy atom. The van der Waals surface area contributed by atoms with Gasteiger partial charge in [0.1, 0.15) is 0 Å². The predicted molar refractivity (Wildman–Crippen MR) is 59.9 cm³/mol. The summed E-state index contributed by atoms with van der Waals surface area (Å²) in [6.07, 6.45) is 4.97. The summed E-state index contributed by atoms with van der Waals surface area (Å²) >= 11 is 0. The number of hydrogen-bond acceptors (Lipinski definition) is 3. The highest BCUT2D eigenvalue weighted by atomic mass is 16.4. The van der Waals surface area contributed by atoms with E-state index in [9.17, 15) is 9.59 Å². The van der Waals surface area contributed by atoms with E-state index < -0.39 is 12.0 Å². The Morgan fingerprint density at radius 2 is 1.94 bits per heavy atom. The topological polar surface area (TPSA) is 92.4 Å². The lowest BCUT2D eigenvalue weighted by Gasteiger charge is -2.35. The molecule has 0 aromatic rings. The van der Waals surface area contributed by atoms with Gasteiger partial charge in [-0.15, -0.1) is 0 Å². The molecule has 1 atom stereocenters. The largest absolute Gasteiger partial charge is 0.481 e. The van der Waals surface area contributed by atoms with Gasteiger partial charge in [0.25, 0.3) is 0 Å². The predicted octanol–water partition coefficient (Wildman–Crippen LogP) is 0.627. The Hall–Kier alpha value is -1.10. The quantitative estimate of drug-likeness (QED) is 0.658. The summed E-state index contributed by atoms with van der Waals surface area (Å²) in [6.45, 7) is 2.00. The van der Waals surface area contributed by atoms with E-state index in [2.05, 4.69) is 5.32 Å². The molecule has 1 unspecified atom stereocenters. The van der Waals surface area contributed by atoms with Gasteiger partial charge >= 0.3 is 5.97 Å². The van der Waals surface area contributed by atoms with E-state index in [0.29, 0.717) is 0 Å². The third kappa shape index (κ3) is 3.81. The number of hydrogen-bond donors (Lipinski definition) is 3. The van der Waals surface area contributed by atoms with Gasteiger partial charge in [0, 0.05) is 5.54 Å². The minimum absolute atomic E-state index is 0.203. The Morgan fingerprint density at radius 3 is 2.44 bits per heavy atom. The Kier molecular flexibility index (Phi) is 4.29. The van der Waals surface area contributed by atoms with Crippen LogP contribution in [0.2, 0.25) is 0 Å². The number of carboxylic acid groups (broad SMARTS) is 1. The summed E-state index contributed by atoms with van der Waals surface area (Å²) in [4.78, 5) is 22.1. The van der Waals surface area contributed by atoms with Gasteiger partial charge in [0.05, 0.1) is 12.5 Å². The van der Waals surface area contributed by atoms with Crippen molar-refractivity contribution in [2.75, 3.05) is 0 Å². The van der Waals surface area contributed by atoms with Gasteiger partial charge in [-0.05, 0) is 19.8 Å². The van der Waals surface area contributed by atoms with Gasteiger partial charge in [-0.1, -0.05) is 19.3 Å². The highest BCUT2D eigenvalue weighted by Crippen LogP contribution is 2.27. The zero-order valence-electron chi connectivity index (χ0n) is 9.66. The van der Waals surface area contributed by atoms with Gasteiger partial charge in [0.15, 0.2) is 0 Å². The number of amides is 1. The third-order valence-electron chi connectivity index (χ3n) is 3.11. The van der Waals surface area contributed by atoms with Crippen LogP contribution < -0.4 is 11.1 Å². The second-order valence-corrected chi connectivity index (χ2v) is 4.81. The molecule has 4 N–H and O–H groups in total. The lowest BCUT2D eigenvalue weighted by atomic mass is 9.83. The molecule has 5 nitrogen and oxygen atoms in total. The average molecular weight is 228 g/mol. The van der Waals surface area contributed by atoms with Crippen molar-refractivity contribution < 1.29 is 14.7 Å². The molecule has 92 valence electrons. The standard InChI is InChI=1S/C11H20N2O3/c1-11(5-3-2-4-6-11)13-10(16)8(12)7-9(14)15/h8H,2-7,12H2,1H3,(H,13,16)(H,14,15). The first-order valence-electron chi connectivity index (χ1n) is 5.72. The maximum absolute atomic E-state index is 11.7. The van der Waals surface area contributed by atoms with Crippen LogP contribution in [0.3, 0.4) is 0 Å². The van der Waals surface area contributed by atoms with Crippen LogP contribution in [0.1, 0.15) is 45.4 Å². The molecule has 0 aliphatic heterocycles. The summed E-state index contributed by atoms with van der Waals surface area (Å²) in [7, 11) is 0. The van der Waals surface area contributed by atoms with Crippen LogP contribution in [0, 0.1) is 0 Å². The molecule has 0 saturated heterocycles. The SMILES string of the molecule is CC1(NC(=O)C(N)CC(=O)O)CCCCC1. The van der Waals surface area contributed by atoms with E-state index in [1.54, 1.807) is 0 Å². The molecular weight excluding hydrogens is 208 g/mol. The molecule has 1 amide bonds. The highest BCUT2D eigenvalue weighted by molar-refractivity contribution is 5.86. The van der Waals surface area contributed by atoms with Crippen molar-refractivity contribution in [1.82, 2.24) is 5.32 Å². The van der Waals surface area contributed by atoms with Crippen LogP contribution in [0.25, 0.3) is 0 Å². The second kappa shape index (κ2) is 5.30. The van der Waals surface area contributed by atoms with E-state index in [-0.39, 0.29) is 17.9 Å². The summed E-state index contributed by atoms with van der Waals surface area (Å²) in [5.74, 6) is -1.40. The normalized spacial score (nSPS) is 21.1. The molecule has 0 aromatic carbocycles. The van der Waals surface area contributed by atoms with Gasteiger partial charge in [-0.25, -0.2) is 0 Å². The number of rotatable bonds is 4. The van der Waals surface area contributed by atoms with Crippen LogP contribution in [0.15, 0.2) is 0 Å². The zero-order chi connectivity index (χ0) is 12.2. The first kappa shape index (κ1) is 13.0. The molecule has 1 saturated carbocycles. The van der Waals surface area contributed by atoms with Crippen molar-refractivity contribution in [1.29, 1.82) is 0 Å². The van der Waals surface area contributed by atoms with Crippen molar-refractivity contribution in [2.45, 2.75) is 57.0 Å². The monoisotopic (exact) mass is 228 g/mol. The fourth-order valence-electron chi connectivity index (χ4n) is 2.13. The van der Waals surface area contributed by atoms with Gasteiger partial charge in [-0.2, -0.15) is 0 Å². The highest BCUT2D eigenvalue weighted by Gasteiger charge is 2.30. The molecule has 0 bridgehead atoms.